The molecule has 7 nitrogen and oxygen atoms in total. The molecule has 5 N–H and O–H groups in total. The molecule has 0 bridgehead atoms. The van der Waals surface area contributed by atoms with Crippen molar-refractivity contribution in [1.29, 1.82) is 0 Å². The van der Waals surface area contributed by atoms with Crippen molar-refractivity contribution in [2.45, 2.75) is 19.1 Å². The molecule has 1 unspecified atom stereocenters. The fraction of sp³-hybridized carbons (Fsp3) is 0.235. The zero-order chi connectivity index (χ0) is 18.5. The van der Waals surface area contributed by atoms with Gasteiger partial charge in [0, 0.05) is 11.6 Å². The van der Waals surface area contributed by atoms with Crippen molar-refractivity contribution in [3.8, 4) is 11.4 Å². The minimum Gasteiger partial charge on any atom is -0.390 e. The van der Waals surface area contributed by atoms with E-state index in [1.807, 2.05) is 0 Å². The second-order valence-corrected chi connectivity index (χ2v) is 6.91. The molecule has 0 radical (unpaired) electrons. The second kappa shape index (κ2) is 8.41. The van der Waals surface area contributed by atoms with Gasteiger partial charge in [-0.15, -0.1) is 11.3 Å². The highest BCUT2D eigenvalue weighted by Crippen LogP contribution is 2.22. The molecular weight excluding hydrogens is 374 g/mol. The fourth-order valence-corrected chi connectivity index (χ4v) is 3.43. The first kappa shape index (κ1) is 18.5. The van der Waals surface area contributed by atoms with Gasteiger partial charge in [0.05, 0.1) is 34.8 Å². The van der Waals surface area contributed by atoms with Crippen molar-refractivity contribution < 1.29 is 9.90 Å². The van der Waals surface area contributed by atoms with Crippen LogP contribution in [0, 0.1) is 0 Å². The number of H-pyrrole nitrogens is 1. The molecule has 3 aromatic rings. The summed E-state index contributed by atoms with van der Waals surface area (Å²) < 4.78 is 0. The number of carbonyl (C=O) groups is 1. The van der Waals surface area contributed by atoms with Gasteiger partial charge in [-0.05, 0) is 37.2 Å². The topological polar surface area (TPSA) is 117 Å². The van der Waals surface area contributed by atoms with E-state index in [1.54, 1.807) is 35.8 Å². The number of aliphatic hydroxyl groups excluding tert-OH is 1. The molecule has 0 saturated heterocycles. The van der Waals surface area contributed by atoms with Crippen molar-refractivity contribution in [2.75, 3.05) is 6.54 Å². The summed E-state index contributed by atoms with van der Waals surface area (Å²) in [5, 5.41) is 15.1. The Labute approximate surface area is 159 Å². The van der Waals surface area contributed by atoms with E-state index in [0.717, 1.165) is 10.7 Å². The quantitative estimate of drug-likeness (QED) is 0.493. The molecule has 0 aliphatic rings. The molecule has 0 fully saturated rings. The average molecular weight is 392 g/mol. The Balaban J connectivity index is 1.74. The zero-order valence-electron chi connectivity index (χ0n) is 13.8. The monoisotopic (exact) mass is 391 g/mol. The Kier molecular flexibility index (Phi) is 6.00. The Morgan fingerprint density at radius 2 is 2.23 bits per heavy atom. The minimum absolute atomic E-state index is 0.131. The maximum absolute atomic E-state index is 12.6. The van der Waals surface area contributed by atoms with E-state index in [2.05, 4.69) is 20.3 Å². The lowest BCUT2D eigenvalue weighted by molar-refractivity contribution is 0.0930. The molecular formula is C17H18ClN5O2S. The van der Waals surface area contributed by atoms with E-state index >= 15 is 0 Å². The maximum atomic E-state index is 12.6. The van der Waals surface area contributed by atoms with E-state index in [0.29, 0.717) is 35.1 Å². The van der Waals surface area contributed by atoms with Crippen molar-refractivity contribution in [3.63, 3.8) is 0 Å². The highest BCUT2D eigenvalue weighted by atomic mass is 35.5. The van der Waals surface area contributed by atoms with Gasteiger partial charge in [-0.2, -0.15) is 0 Å². The maximum Gasteiger partial charge on any atom is 0.268 e. The zero-order valence-corrected chi connectivity index (χ0v) is 15.3. The van der Waals surface area contributed by atoms with Crippen LogP contribution < -0.4 is 11.1 Å². The molecule has 0 aliphatic carbocycles. The number of aliphatic hydroxyl groups is 1. The van der Waals surface area contributed by atoms with Gasteiger partial charge in [0.15, 0.2) is 0 Å². The number of halogens is 1. The van der Waals surface area contributed by atoms with Gasteiger partial charge in [-0.3, -0.25) is 9.78 Å². The summed E-state index contributed by atoms with van der Waals surface area (Å²) in [7, 11) is 0. The van der Waals surface area contributed by atoms with E-state index < -0.39 is 0 Å². The van der Waals surface area contributed by atoms with Crippen LogP contribution in [0.1, 0.15) is 33.7 Å². The number of rotatable bonds is 7. The van der Waals surface area contributed by atoms with Crippen molar-refractivity contribution >= 4 is 28.8 Å². The molecule has 9 heteroatoms. The molecule has 0 spiro atoms. The predicted molar refractivity (Wildman–Crippen MR) is 101 cm³/mol. The number of thiazole rings is 1. The first-order valence-corrected chi connectivity index (χ1v) is 9.23. The van der Waals surface area contributed by atoms with Gasteiger partial charge < -0.3 is 21.1 Å². The van der Waals surface area contributed by atoms with E-state index in [-0.39, 0.29) is 18.6 Å². The molecule has 136 valence electrons. The molecule has 26 heavy (non-hydrogen) atoms. The summed E-state index contributed by atoms with van der Waals surface area (Å²) >= 11 is 7.23. The minimum atomic E-state index is -0.307. The number of aromatic nitrogens is 3. The number of nitrogens with two attached hydrogens (primary N) is 1. The number of hydrogen-bond donors (Lipinski definition) is 4. The number of nitrogens with one attached hydrogen (secondary N) is 2. The number of carbonyl (C=O) groups excluding carboxylic acids is 1. The second-order valence-electron chi connectivity index (χ2n) is 5.59. The van der Waals surface area contributed by atoms with Gasteiger partial charge >= 0.3 is 0 Å². The summed E-state index contributed by atoms with van der Waals surface area (Å²) in [5.74, 6) is -0.260. The lowest BCUT2D eigenvalue weighted by Gasteiger charge is -2.15. The van der Waals surface area contributed by atoms with Crippen molar-refractivity contribution in [3.05, 3.63) is 57.3 Å². The van der Waals surface area contributed by atoms with Crippen LogP contribution in [0.25, 0.3) is 11.4 Å². The number of nitrogens with zero attached hydrogens (tertiary/aromatic N) is 2. The Morgan fingerprint density at radius 3 is 2.88 bits per heavy atom. The van der Waals surface area contributed by atoms with E-state index in [4.69, 9.17) is 22.4 Å². The van der Waals surface area contributed by atoms with Crippen LogP contribution in [-0.2, 0) is 6.61 Å². The summed E-state index contributed by atoms with van der Waals surface area (Å²) in [6, 6.07) is 6.69. The smallest absolute Gasteiger partial charge is 0.268 e. The van der Waals surface area contributed by atoms with Gasteiger partial charge in [-0.1, -0.05) is 11.6 Å². The van der Waals surface area contributed by atoms with Gasteiger partial charge in [0.1, 0.15) is 10.7 Å². The molecule has 1 amide bonds. The van der Waals surface area contributed by atoms with Crippen LogP contribution in [-0.4, -0.2) is 32.5 Å². The molecule has 3 rings (SSSR count). The highest BCUT2D eigenvalue weighted by molar-refractivity contribution is 7.09. The number of amides is 1. The van der Waals surface area contributed by atoms with Gasteiger partial charge in [0.2, 0.25) is 0 Å². The Morgan fingerprint density at radius 1 is 1.38 bits per heavy atom. The highest BCUT2D eigenvalue weighted by Gasteiger charge is 2.19. The largest absolute Gasteiger partial charge is 0.390 e. The number of hydrogen-bond acceptors (Lipinski definition) is 6. The van der Waals surface area contributed by atoms with E-state index in [9.17, 15) is 4.79 Å². The van der Waals surface area contributed by atoms with Crippen LogP contribution in [0.3, 0.4) is 0 Å². The fourth-order valence-electron chi connectivity index (χ4n) is 2.43. The lowest BCUT2D eigenvalue weighted by atomic mass is 10.2. The average Bonchev–Trinajstić information content (AvgIpc) is 3.31. The Bertz CT molecular complexity index is 877. The van der Waals surface area contributed by atoms with Gasteiger partial charge in [0.25, 0.3) is 5.91 Å². The molecule has 0 aliphatic heterocycles. The third-order valence-electron chi connectivity index (χ3n) is 3.72. The van der Waals surface area contributed by atoms with Crippen molar-refractivity contribution in [2.24, 2.45) is 5.73 Å². The Hall–Kier alpha value is -2.26. The number of pyridine rings is 1. The molecule has 3 aromatic heterocycles. The first-order chi connectivity index (χ1) is 12.6. The van der Waals surface area contributed by atoms with Crippen LogP contribution in [0.15, 0.2) is 35.8 Å². The molecule has 3 heterocycles. The summed E-state index contributed by atoms with van der Waals surface area (Å²) in [6.07, 6.45) is 2.10. The summed E-state index contributed by atoms with van der Waals surface area (Å²) in [6.45, 7) is 0.275. The van der Waals surface area contributed by atoms with Crippen LogP contribution in [0.4, 0.5) is 0 Å². The van der Waals surface area contributed by atoms with Crippen molar-refractivity contribution in [1.82, 2.24) is 20.3 Å². The summed E-state index contributed by atoms with van der Waals surface area (Å²) in [4.78, 5) is 24.2. The van der Waals surface area contributed by atoms with Crippen LogP contribution >= 0.6 is 22.9 Å². The lowest BCUT2D eigenvalue weighted by Crippen LogP contribution is -2.30. The van der Waals surface area contributed by atoms with Crippen LogP contribution in [0.2, 0.25) is 5.02 Å². The number of aromatic amines is 1. The third kappa shape index (κ3) is 4.28. The summed E-state index contributed by atoms with van der Waals surface area (Å²) in [5.41, 5.74) is 8.07. The van der Waals surface area contributed by atoms with Crippen LogP contribution in [0.5, 0.6) is 0 Å². The third-order valence-corrected chi connectivity index (χ3v) is 4.96. The predicted octanol–water partition coefficient (Wildman–Crippen LogP) is 2.50. The molecule has 0 aromatic carbocycles. The normalized spacial score (nSPS) is 12.1. The first-order valence-electron chi connectivity index (χ1n) is 7.97. The van der Waals surface area contributed by atoms with Gasteiger partial charge in [-0.25, -0.2) is 4.98 Å². The molecule has 0 saturated carbocycles. The SMILES string of the molecule is NCCC(NC(=O)c1ccc(-c2ccc(Cl)cn2)[nH]1)c1nc(CO)cs1. The molecule has 1 atom stereocenters. The van der Waals surface area contributed by atoms with E-state index in [1.165, 1.54) is 11.3 Å². The standard InChI is InChI=1S/C17H18ClN5O2S/c18-10-1-2-12(20-7-10)13-3-4-14(22-13)16(25)23-15(5-6-19)17-21-11(8-24)9-26-17/h1-4,7,9,15,22,24H,5-6,8,19H2,(H,23,25).